The summed E-state index contributed by atoms with van der Waals surface area (Å²) >= 11 is 0. The Balaban J connectivity index is 1.66. The highest BCUT2D eigenvalue weighted by Gasteiger charge is 2.30. The van der Waals surface area contributed by atoms with Gasteiger partial charge in [0.05, 0.1) is 0 Å². The number of rotatable bonds is 2. The number of nitrogens with zero attached hydrogens (tertiary/aromatic N) is 3. The summed E-state index contributed by atoms with van der Waals surface area (Å²) in [7, 11) is 0. The molecule has 0 saturated carbocycles. The van der Waals surface area contributed by atoms with Gasteiger partial charge in [-0.05, 0) is 39.3 Å². The maximum atomic E-state index is 11.5. The number of nitrogens with two attached hydrogens (primary N) is 1. The summed E-state index contributed by atoms with van der Waals surface area (Å²) in [6, 6.07) is 2.55. The minimum absolute atomic E-state index is 0.0695. The van der Waals surface area contributed by atoms with E-state index in [0.717, 1.165) is 51.3 Å². The van der Waals surface area contributed by atoms with Crippen molar-refractivity contribution in [2.45, 2.75) is 38.3 Å². The summed E-state index contributed by atoms with van der Waals surface area (Å²) in [4.78, 5) is 23.4. The van der Waals surface area contributed by atoms with Gasteiger partial charge in [0.2, 0.25) is 0 Å². The lowest BCUT2D eigenvalue weighted by Crippen LogP contribution is -2.46. The minimum atomic E-state index is -0.0695. The molecule has 2 saturated heterocycles. The van der Waals surface area contributed by atoms with E-state index in [1.54, 1.807) is 6.07 Å². The highest BCUT2D eigenvalue weighted by Crippen LogP contribution is 2.23. The van der Waals surface area contributed by atoms with E-state index in [2.05, 4.69) is 19.8 Å². The highest BCUT2D eigenvalue weighted by atomic mass is 16.1. The molecule has 3 rings (SSSR count). The molecule has 3 heterocycles. The first-order valence-electron chi connectivity index (χ1n) is 7.44. The van der Waals surface area contributed by atoms with Crippen LogP contribution in [0.1, 0.15) is 25.1 Å². The Kier molecular flexibility index (Phi) is 3.76. The molecular weight excluding hydrogens is 254 g/mol. The molecule has 110 valence electrons. The van der Waals surface area contributed by atoms with E-state index in [1.165, 1.54) is 0 Å². The van der Waals surface area contributed by atoms with Gasteiger partial charge in [0, 0.05) is 31.2 Å². The van der Waals surface area contributed by atoms with Crippen LogP contribution in [0.25, 0.3) is 0 Å². The number of hydrogen-bond donors (Lipinski definition) is 2. The molecule has 0 aliphatic carbocycles. The molecule has 1 aromatic heterocycles. The molecule has 1 atom stereocenters. The Hall–Kier alpha value is -1.40. The second-order valence-corrected chi connectivity index (χ2v) is 5.95. The van der Waals surface area contributed by atoms with E-state index in [-0.39, 0.29) is 5.56 Å². The summed E-state index contributed by atoms with van der Waals surface area (Å²) in [5, 5.41) is 0. The van der Waals surface area contributed by atoms with Gasteiger partial charge in [0.1, 0.15) is 11.6 Å². The number of aromatic nitrogens is 2. The smallest absolute Gasteiger partial charge is 0.252 e. The lowest BCUT2D eigenvalue weighted by Gasteiger charge is -2.34. The van der Waals surface area contributed by atoms with Crippen LogP contribution in [0.4, 0.5) is 5.82 Å². The van der Waals surface area contributed by atoms with Gasteiger partial charge < -0.3 is 15.6 Å². The second-order valence-electron chi connectivity index (χ2n) is 5.95. The highest BCUT2D eigenvalue weighted by molar-refractivity contribution is 5.39. The van der Waals surface area contributed by atoms with Gasteiger partial charge in [0.25, 0.3) is 5.56 Å². The average molecular weight is 277 g/mol. The van der Waals surface area contributed by atoms with Crippen LogP contribution in [0.3, 0.4) is 0 Å². The monoisotopic (exact) mass is 277 g/mol. The molecule has 0 aromatic carbocycles. The number of aryl methyl sites for hydroxylation is 1. The summed E-state index contributed by atoms with van der Waals surface area (Å²) < 4.78 is 0. The first-order chi connectivity index (χ1) is 9.61. The lowest BCUT2D eigenvalue weighted by molar-refractivity contribution is 0.163. The van der Waals surface area contributed by atoms with E-state index in [1.807, 2.05) is 6.92 Å². The number of hydrogen-bond acceptors (Lipinski definition) is 5. The van der Waals surface area contributed by atoms with Gasteiger partial charge in [-0.15, -0.1) is 0 Å². The second kappa shape index (κ2) is 5.54. The predicted octanol–water partition coefficient (Wildman–Crippen LogP) is 0.0801. The van der Waals surface area contributed by atoms with Gasteiger partial charge in [-0.3, -0.25) is 9.69 Å². The Morgan fingerprint density at radius 3 is 2.75 bits per heavy atom. The summed E-state index contributed by atoms with van der Waals surface area (Å²) in [5.74, 6) is 1.49. The molecule has 1 aromatic rings. The van der Waals surface area contributed by atoms with Gasteiger partial charge >= 0.3 is 0 Å². The third-order valence-corrected chi connectivity index (χ3v) is 4.42. The number of H-pyrrole nitrogens is 1. The number of piperidine rings is 1. The van der Waals surface area contributed by atoms with Gasteiger partial charge in [0.15, 0.2) is 0 Å². The zero-order valence-electron chi connectivity index (χ0n) is 12.0. The molecule has 0 radical (unpaired) electrons. The SMILES string of the molecule is Cc1nc(N2CCC(N3CCC(N)CC3)C2)cc(=O)[nH]1. The topological polar surface area (TPSA) is 78.2 Å². The van der Waals surface area contributed by atoms with Crippen LogP contribution >= 0.6 is 0 Å². The summed E-state index contributed by atoms with van der Waals surface area (Å²) in [6.45, 7) is 5.96. The van der Waals surface area contributed by atoms with Crippen molar-refractivity contribution < 1.29 is 0 Å². The number of likely N-dealkylation sites (tertiary alicyclic amines) is 1. The Bertz CT molecular complexity index is 521. The molecule has 1 unspecified atom stereocenters. The molecule has 6 heteroatoms. The third kappa shape index (κ3) is 2.86. The predicted molar refractivity (Wildman–Crippen MR) is 79.0 cm³/mol. The van der Waals surface area contributed by atoms with Gasteiger partial charge in [-0.1, -0.05) is 0 Å². The lowest BCUT2D eigenvalue weighted by atomic mass is 10.0. The quantitative estimate of drug-likeness (QED) is 0.800. The van der Waals surface area contributed by atoms with Gasteiger partial charge in [-0.25, -0.2) is 4.98 Å². The first kappa shape index (κ1) is 13.6. The zero-order valence-corrected chi connectivity index (χ0v) is 12.0. The Morgan fingerprint density at radius 1 is 1.30 bits per heavy atom. The van der Waals surface area contributed by atoms with Crippen molar-refractivity contribution in [1.82, 2.24) is 14.9 Å². The van der Waals surface area contributed by atoms with Crippen molar-refractivity contribution in [3.05, 3.63) is 22.2 Å². The van der Waals surface area contributed by atoms with Crippen molar-refractivity contribution in [3.63, 3.8) is 0 Å². The van der Waals surface area contributed by atoms with Crippen LogP contribution in [0.2, 0.25) is 0 Å². The van der Waals surface area contributed by atoms with E-state index in [4.69, 9.17) is 5.73 Å². The first-order valence-corrected chi connectivity index (χ1v) is 7.44. The molecule has 0 spiro atoms. The van der Waals surface area contributed by atoms with Crippen molar-refractivity contribution in [2.75, 3.05) is 31.1 Å². The molecule has 2 aliphatic heterocycles. The number of aromatic amines is 1. The van der Waals surface area contributed by atoms with Crippen LogP contribution in [-0.4, -0.2) is 53.1 Å². The van der Waals surface area contributed by atoms with Crippen LogP contribution < -0.4 is 16.2 Å². The molecule has 0 bridgehead atoms. The van der Waals surface area contributed by atoms with Crippen LogP contribution in [0.5, 0.6) is 0 Å². The third-order valence-electron chi connectivity index (χ3n) is 4.42. The minimum Gasteiger partial charge on any atom is -0.355 e. The van der Waals surface area contributed by atoms with Crippen molar-refractivity contribution in [3.8, 4) is 0 Å². The van der Waals surface area contributed by atoms with E-state index < -0.39 is 0 Å². The van der Waals surface area contributed by atoms with E-state index in [0.29, 0.717) is 17.9 Å². The van der Waals surface area contributed by atoms with E-state index in [9.17, 15) is 4.79 Å². The Labute approximate surface area is 119 Å². The molecule has 20 heavy (non-hydrogen) atoms. The molecule has 2 fully saturated rings. The molecular formula is C14H23N5O. The Morgan fingerprint density at radius 2 is 2.05 bits per heavy atom. The van der Waals surface area contributed by atoms with Crippen LogP contribution in [0, 0.1) is 6.92 Å². The van der Waals surface area contributed by atoms with Crippen molar-refractivity contribution in [1.29, 1.82) is 0 Å². The number of nitrogens with one attached hydrogen (secondary N) is 1. The van der Waals surface area contributed by atoms with Crippen LogP contribution in [0.15, 0.2) is 10.9 Å². The van der Waals surface area contributed by atoms with Crippen molar-refractivity contribution in [2.24, 2.45) is 5.73 Å². The molecule has 3 N–H and O–H groups in total. The van der Waals surface area contributed by atoms with Crippen LogP contribution in [-0.2, 0) is 0 Å². The standard InChI is InChI=1S/C14H23N5O/c1-10-16-13(8-14(20)17-10)19-7-4-12(9-19)18-5-2-11(15)3-6-18/h8,11-12H,2-7,9,15H2,1H3,(H,16,17,20). The fourth-order valence-corrected chi connectivity index (χ4v) is 3.26. The fraction of sp³-hybridized carbons (Fsp3) is 0.714. The van der Waals surface area contributed by atoms with Crippen molar-refractivity contribution >= 4 is 5.82 Å². The summed E-state index contributed by atoms with van der Waals surface area (Å²) in [6.07, 6.45) is 3.33. The average Bonchev–Trinajstić information content (AvgIpc) is 2.88. The van der Waals surface area contributed by atoms with Gasteiger partial charge in [-0.2, -0.15) is 0 Å². The zero-order chi connectivity index (χ0) is 14.1. The maximum Gasteiger partial charge on any atom is 0.252 e. The maximum absolute atomic E-state index is 11.5. The molecule has 2 aliphatic rings. The molecule has 6 nitrogen and oxygen atoms in total. The largest absolute Gasteiger partial charge is 0.355 e. The summed E-state index contributed by atoms with van der Waals surface area (Å²) in [5.41, 5.74) is 5.89. The number of anilines is 1. The van der Waals surface area contributed by atoms with E-state index >= 15 is 0 Å². The normalized spacial score (nSPS) is 25.3. The fourth-order valence-electron chi connectivity index (χ4n) is 3.26. The molecule has 0 amide bonds.